The van der Waals surface area contributed by atoms with Crippen molar-refractivity contribution in [2.75, 3.05) is 23.8 Å². The number of rotatable bonds is 3. The maximum Gasteiger partial charge on any atom is 0.240 e. The lowest BCUT2D eigenvalue weighted by Gasteiger charge is -2.33. The van der Waals surface area contributed by atoms with Gasteiger partial charge in [0.15, 0.2) is 0 Å². The fourth-order valence-electron chi connectivity index (χ4n) is 2.04. The Bertz CT molecular complexity index is 462. The third-order valence-electron chi connectivity index (χ3n) is 2.93. The number of nitrogens with zero attached hydrogens (tertiary/aromatic N) is 1. The van der Waals surface area contributed by atoms with Crippen molar-refractivity contribution in [1.82, 2.24) is 0 Å². The quantitative estimate of drug-likeness (QED) is 0.876. The van der Waals surface area contributed by atoms with Crippen LogP contribution in [0.2, 0.25) is 0 Å². The molecule has 1 heterocycles. The highest BCUT2D eigenvalue weighted by Gasteiger charge is 2.31. The van der Waals surface area contributed by atoms with Gasteiger partial charge in [-0.15, -0.1) is 11.8 Å². The Balaban J connectivity index is 2.42. The van der Waals surface area contributed by atoms with Gasteiger partial charge in [0.1, 0.15) is 0 Å². The van der Waals surface area contributed by atoms with Gasteiger partial charge in [-0.25, -0.2) is 0 Å². The molecule has 0 spiro atoms. The van der Waals surface area contributed by atoms with Gasteiger partial charge < -0.3 is 16.0 Å². The lowest BCUT2D eigenvalue weighted by atomic mass is 10.2. The molecule has 1 aromatic carbocycles. The smallest absolute Gasteiger partial charge is 0.240 e. The minimum absolute atomic E-state index is 0.0321. The molecule has 0 saturated carbocycles. The van der Waals surface area contributed by atoms with Crippen LogP contribution in [0.3, 0.4) is 0 Å². The predicted molar refractivity (Wildman–Crippen MR) is 77.3 cm³/mol. The second kappa shape index (κ2) is 5.20. The SMILES string of the molecule is CNc1ccc2c(c1)N(CC(C)N)C(=O)C(C)S2. The van der Waals surface area contributed by atoms with Crippen LogP contribution in [0.4, 0.5) is 11.4 Å². The number of thioether (sulfide) groups is 1. The van der Waals surface area contributed by atoms with Gasteiger partial charge >= 0.3 is 0 Å². The molecule has 98 valence electrons. The van der Waals surface area contributed by atoms with E-state index in [1.54, 1.807) is 11.8 Å². The summed E-state index contributed by atoms with van der Waals surface area (Å²) < 4.78 is 0. The molecule has 1 aliphatic rings. The molecule has 1 aromatic rings. The fourth-order valence-corrected chi connectivity index (χ4v) is 3.08. The molecule has 1 aliphatic heterocycles. The van der Waals surface area contributed by atoms with Crippen molar-refractivity contribution in [2.24, 2.45) is 5.73 Å². The van der Waals surface area contributed by atoms with Gasteiger partial charge in [-0.1, -0.05) is 0 Å². The lowest BCUT2D eigenvalue weighted by molar-refractivity contribution is -0.118. The Morgan fingerprint density at radius 1 is 1.56 bits per heavy atom. The van der Waals surface area contributed by atoms with E-state index in [0.717, 1.165) is 16.3 Å². The molecule has 2 rings (SSSR count). The van der Waals surface area contributed by atoms with Crippen molar-refractivity contribution < 1.29 is 4.79 Å². The van der Waals surface area contributed by atoms with E-state index in [9.17, 15) is 4.79 Å². The van der Waals surface area contributed by atoms with Crippen molar-refractivity contribution in [3.05, 3.63) is 18.2 Å². The zero-order chi connectivity index (χ0) is 13.3. The second-order valence-electron chi connectivity index (χ2n) is 4.62. The van der Waals surface area contributed by atoms with Gasteiger partial charge in [0.2, 0.25) is 5.91 Å². The number of nitrogens with two attached hydrogens (primary N) is 1. The normalized spacial score (nSPS) is 20.6. The zero-order valence-electron chi connectivity index (χ0n) is 10.9. The Labute approximate surface area is 112 Å². The van der Waals surface area contributed by atoms with Crippen LogP contribution in [0.25, 0.3) is 0 Å². The van der Waals surface area contributed by atoms with Crippen molar-refractivity contribution in [3.8, 4) is 0 Å². The molecule has 5 heteroatoms. The highest BCUT2D eigenvalue weighted by atomic mass is 32.2. The predicted octanol–water partition coefficient (Wildman–Crippen LogP) is 1.90. The number of hydrogen-bond acceptors (Lipinski definition) is 4. The summed E-state index contributed by atoms with van der Waals surface area (Å²) in [4.78, 5) is 15.2. The summed E-state index contributed by atoms with van der Waals surface area (Å²) in [7, 11) is 1.87. The van der Waals surface area contributed by atoms with Gasteiger partial charge in [0, 0.05) is 30.2 Å². The molecule has 0 saturated heterocycles. The minimum atomic E-state index is -0.0447. The van der Waals surface area contributed by atoms with E-state index in [1.807, 2.05) is 37.9 Å². The maximum atomic E-state index is 12.3. The summed E-state index contributed by atoms with van der Waals surface area (Å²) in [6, 6.07) is 6.06. The first-order valence-corrected chi connectivity index (χ1v) is 6.96. The van der Waals surface area contributed by atoms with Crippen molar-refractivity contribution in [1.29, 1.82) is 0 Å². The average molecular weight is 265 g/mol. The highest BCUT2D eigenvalue weighted by molar-refractivity contribution is 8.00. The van der Waals surface area contributed by atoms with E-state index in [0.29, 0.717) is 6.54 Å². The van der Waals surface area contributed by atoms with Gasteiger partial charge in [-0.05, 0) is 32.0 Å². The van der Waals surface area contributed by atoms with Crippen LogP contribution in [-0.2, 0) is 4.79 Å². The van der Waals surface area contributed by atoms with Crippen LogP contribution in [0.1, 0.15) is 13.8 Å². The number of carbonyl (C=O) groups is 1. The molecule has 4 nitrogen and oxygen atoms in total. The third-order valence-corrected chi connectivity index (χ3v) is 4.08. The van der Waals surface area contributed by atoms with E-state index in [2.05, 4.69) is 11.4 Å². The zero-order valence-corrected chi connectivity index (χ0v) is 11.8. The van der Waals surface area contributed by atoms with Crippen LogP contribution in [0, 0.1) is 0 Å². The molecule has 0 fully saturated rings. The maximum absolute atomic E-state index is 12.3. The first kappa shape index (κ1) is 13.2. The fraction of sp³-hybridized carbons (Fsp3) is 0.462. The number of fused-ring (bicyclic) bond motifs is 1. The van der Waals surface area contributed by atoms with Crippen LogP contribution in [0.5, 0.6) is 0 Å². The molecule has 2 unspecified atom stereocenters. The summed E-state index contributed by atoms with van der Waals surface area (Å²) in [6.07, 6.45) is 0. The van der Waals surface area contributed by atoms with Gasteiger partial charge in [0.25, 0.3) is 0 Å². The number of nitrogens with one attached hydrogen (secondary N) is 1. The molecule has 3 N–H and O–H groups in total. The van der Waals surface area contributed by atoms with E-state index in [-0.39, 0.29) is 17.2 Å². The number of anilines is 2. The molecule has 18 heavy (non-hydrogen) atoms. The molecule has 2 atom stereocenters. The van der Waals surface area contributed by atoms with Gasteiger partial charge in [-0.2, -0.15) is 0 Å². The largest absolute Gasteiger partial charge is 0.388 e. The summed E-state index contributed by atoms with van der Waals surface area (Å²) in [5.74, 6) is 0.137. The first-order valence-electron chi connectivity index (χ1n) is 6.08. The number of hydrogen-bond donors (Lipinski definition) is 2. The Morgan fingerprint density at radius 3 is 2.89 bits per heavy atom. The van der Waals surface area contributed by atoms with Crippen molar-refractivity contribution in [2.45, 2.75) is 30.0 Å². The van der Waals surface area contributed by atoms with E-state index >= 15 is 0 Å². The van der Waals surface area contributed by atoms with E-state index < -0.39 is 0 Å². The molecular formula is C13H19N3OS. The summed E-state index contributed by atoms with van der Waals surface area (Å²) in [5, 5.41) is 3.05. The van der Waals surface area contributed by atoms with E-state index in [1.165, 1.54) is 0 Å². The molecular weight excluding hydrogens is 246 g/mol. The topological polar surface area (TPSA) is 58.4 Å². The number of benzene rings is 1. The molecule has 1 amide bonds. The summed E-state index contributed by atoms with van der Waals surface area (Å²) in [6.45, 7) is 4.42. The van der Waals surface area contributed by atoms with Crippen LogP contribution in [-0.4, -0.2) is 30.8 Å². The molecule has 0 aliphatic carbocycles. The second-order valence-corrected chi connectivity index (χ2v) is 6.00. The summed E-state index contributed by atoms with van der Waals surface area (Å²) >= 11 is 1.61. The lowest BCUT2D eigenvalue weighted by Crippen LogP contribution is -2.45. The Hall–Kier alpha value is -1.20. The van der Waals surface area contributed by atoms with Crippen LogP contribution in [0.15, 0.2) is 23.1 Å². The third kappa shape index (κ3) is 2.47. The Morgan fingerprint density at radius 2 is 2.28 bits per heavy atom. The van der Waals surface area contributed by atoms with Gasteiger partial charge in [0.05, 0.1) is 10.9 Å². The van der Waals surface area contributed by atoms with Crippen LogP contribution < -0.4 is 16.0 Å². The van der Waals surface area contributed by atoms with Crippen molar-refractivity contribution in [3.63, 3.8) is 0 Å². The standard InChI is InChI=1S/C13H19N3OS/c1-8(14)7-16-11-6-10(15-3)4-5-12(11)18-9(2)13(16)17/h4-6,8-9,15H,7,14H2,1-3H3. The highest BCUT2D eigenvalue weighted by Crippen LogP contribution is 2.40. The number of carbonyl (C=O) groups excluding carboxylic acids is 1. The van der Waals surface area contributed by atoms with E-state index in [4.69, 9.17) is 5.73 Å². The monoisotopic (exact) mass is 265 g/mol. The van der Waals surface area contributed by atoms with Crippen LogP contribution >= 0.6 is 11.8 Å². The minimum Gasteiger partial charge on any atom is -0.388 e. The molecule has 0 bridgehead atoms. The average Bonchev–Trinajstić information content (AvgIpc) is 2.34. The number of amides is 1. The summed E-state index contributed by atoms with van der Waals surface area (Å²) in [5.41, 5.74) is 7.81. The Kier molecular flexibility index (Phi) is 3.82. The molecule has 0 aromatic heterocycles. The first-order chi connectivity index (χ1) is 8.52. The molecule has 0 radical (unpaired) electrons. The van der Waals surface area contributed by atoms with Crippen molar-refractivity contribution >= 4 is 29.0 Å². The van der Waals surface area contributed by atoms with Gasteiger partial charge in [-0.3, -0.25) is 4.79 Å².